The maximum atomic E-state index is 6.17. The number of rotatable bonds is 7. The van der Waals surface area contributed by atoms with Crippen LogP contribution in [0.25, 0.3) is 110 Å². The molecule has 0 amide bonds. The SMILES string of the molecule is c1cc(-c2ccccc2N(c2ccc(-c3ccc4oc5ccccc5c4c3)cc2)c2ccc(-c3ccc4c5ccccc5c5ccccc5c4c3)cc2)cc(-c2cccc3ccccc23)c1. The van der Waals surface area contributed by atoms with Gasteiger partial charge in [-0.3, -0.25) is 0 Å². The lowest BCUT2D eigenvalue weighted by molar-refractivity contribution is 0.669. The summed E-state index contributed by atoms with van der Waals surface area (Å²) in [4.78, 5) is 2.40. The van der Waals surface area contributed by atoms with Crippen LogP contribution in [0.1, 0.15) is 0 Å². The van der Waals surface area contributed by atoms with E-state index in [4.69, 9.17) is 4.42 Å². The van der Waals surface area contributed by atoms with Gasteiger partial charge in [0.1, 0.15) is 11.2 Å². The first-order valence-corrected chi connectivity index (χ1v) is 22.7. The van der Waals surface area contributed by atoms with Crippen LogP contribution in [0, 0.1) is 0 Å². The minimum atomic E-state index is 0.901. The van der Waals surface area contributed by atoms with E-state index in [-0.39, 0.29) is 0 Å². The van der Waals surface area contributed by atoms with E-state index in [0.717, 1.165) is 61.3 Å². The molecule has 0 spiro atoms. The standard InChI is InChI=1S/C64H41NO/c1-2-17-51-44(13-1)14-12-24-52(51)47-15-11-16-48(39-47)53-18-7-9-25-62(53)65(50-35-29-43(30-36-50)46-32-38-64-61(41-46)59-23-8-10-26-63(59)66-64)49-33-27-42(28-34-49)45-31-37-58-56-21-4-3-19-54(56)55-20-5-6-22-57(55)60(58)40-45/h1-41H. The summed E-state index contributed by atoms with van der Waals surface area (Å²) in [6.07, 6.45) is 0. The molecule has 0 aliphatic rings. The van der Waals surface area contributed by atoms with Crippen LogP contribution in [0.3, 0.4) is 0 Å². The molecular weight excluding hydrogens is 799 g/mol. The minimum absolute atomic E-state index is 0.901. The predicted molar refractivity (Wildman–Crippen MR) is 280 cm³/mol. The maximum absolute atomic E-state index is 6.17. The lowest BCUT2D eigenvalue weighted by atomic mass is 9.92. The summed E-state index contributed by atoms with van der Waals surface area (Å²) in [7, 11) is 0. The summed E-state index contributed by atoms with van der Waals surface area (Å²) in [5.74, 6) is 0. The van der Waals surface area contributed by atoms with Crippen molar-refractivity contribution in [3.63, 3.8) is 0 Å². The fourth-order valence-electron chi connectivity index (χ4n) is 10.3. The predicted octanol–water partition coefficient (Wildman–Crippen LogP) is 18.3. The first-order chi connectivity index (χ1) is 32.7. The van der Waals surface area contributed by atoms with Crippen LogP contribution in [0.5, 0.6) is 0 Å². The normalized spacial score (nSPS) is 11.6. The topological polar surface area (TPSA) is 16.4 Å². The van der Waals surface area contributed by atoms with E-state index in [0.29, 0.717) is 0 Å². The third kappa shape index (κ3) is 6.34. The molecule has 66 heavy (non-hydrogen) atoms. The molecule has 0 radical (unpaired) electrons. The molecule has 13 aromatic rings. The highest BCUT2D eigenvalue weighted by Crippen LogP contribution is 2.44. The number of hydrogen-bond acceptors (Lipinski definition) is 2. The van der Waals surface area contributed by atoms with E-state index >= 15 is 0 Å². The summed E-state index contributed by atoms with van der Waals surface area (Å²) in [6.45, 7) is 0. The summed E-state index contributed by atoms with van der Waals surface area (Å²) in [5.41, 5.74) is 14.5. The van der Waals surface area contributed by atoms with Crippen LogP contribution in [-0.4, -0.2) is 0 Å². The lowest BCUT2D eigenvalue weighted by Gasteiger charge is -2.28. The number of para-hydroxylation sites is 2. The van der Waals surface area contributed by atoms with Crippen LogP contribution in [0.4, 0.5) is 17.1 Å². The molecule has 0 saturated heterocycles. The molecule has 0 N–H and O–H groups in total. The van der Waals surface area contributed by atoms with Crippen molar-refractivity contribution in [1.82, 2.24) is 0 Å². The third-order valence-corrected chi connectivity index (χ3v) is 13.5. The van der Waals surface area contributed by atoms with Crippen LogP contribution in [-0.2, 0) is 0 Å². The smallest absolute Gasteiger partial charge is 0.135 e. The van der Waals surface area contributed by atoms with Crippen molar-refractivity contribution in [1.29, 1.82) is 0 Å². The monoisotopic (exact) mass is 839 g/mol. The van der Waals surface area contributed by atoms with Gasteiger partial charge in [-0.1, -0.05) is 188 Å². The molecule has 0 unspecified atom stereocenters. The zero-order valence-corrected chi connectivity index (χ0v) is 36.0. The summed E-state index contributed by atoms with van der Waals surface area (Å²) >= 11 is 0. The van der Waals surface area contributed by atoms with E-state index < -0.39 is 0 Å². The molecule has 2 heteroatoms. The molecule has 12 aromatic carbocycles. The summed E-state index contributed by atoms with van der Waals surface area (Å²) in [6, 6.07) is 90.4. The largest absolute Gasteiger partial charge is 0.456 e. The van der Waals surface area contributed by atoms with Crippen LogP contribution >= 0.6 is 0 Å². The lowest BCUT2D eigenvalue weighted by Crippen LogP contribution is -2.11. The van der Waals surface area contributed by atoms with Crippen molar-refractivity contribution in [3.05, 3.63) is 249 Å². The molecule has 1 heterocycles. The first kappa shape index (κ1) is 37.8. The van der Waals surface area contributed by atoms with E-state index in [2.05, 4.69) is 241 Å². The number of furan rings is 1. The molecule has 2 nitrogen and oxygen atoms in total. The summed E-state index contributed by atoms with van der Waals surface area (Å²) in [5, 5.41) is 12.4. The average molecular weight is 840 g/mol. The second kappa shape index (κ2) is 15.5. The number of nitrogens with zero attached hydrogens (tertiary/aromatic N) is 1. The van der Waals surface area contributed by atoms with Crippen molar-refractivity contribution in [3.8, 4) is 44.5 Å². The Hall–Kier alpha value is -8.72. The molecule has 0 aliphatic carbocycles. The molecule has 0 saturated carbocycles. The molecule has 13 rings (SSSR count). The fraction of sp³-hybridized carbons (Fsp3) is 0. The van der Waals surface area contributed by atoms with Crippen LogP contribution in [0.2, 0.25) is 0 Å². The Balaban J connectivity index is 0.932. The van der Waals surface area contributed by atoms with Crippen molar-refractivity contribution < 1.29 is 4.42 Å². The van der Waals surface area contributed by atoms with E-state index in [1.165, 1.54) is 65.3 Å². The molecular formula is C64H41NO. The van der Waals surface area contributed by atoms with Crippen molar-refractivity contribution in [2.45, 2.75) is 0 Å². The molecule has 0 fully saturated rings. The first-order valence-electron chi connectivity index (χ1n) is 22.7. The molecule has 1 aromatic heterocycles. The zero-order chi connectivity index (χ0) is 43.6. The minimum Gasteiger partial charge on any atom is -0.456 e. The van der Waals surface area contributed by atoms with Gasteiger partial charge in [0.05, 0.1) is 5.69 Å². The Morgan fingerprint density at radius 2 is 0.697 bits per heavy atom. The fourth-order valence-corrected chi connectivity index (χ4v) is 10.3. The number of benzene rings is 12. The highest BCUT2D eigenvalue weighted by molar-refractivity contribution is 6.25. The molecule has 308 valence electrons. The van der Waals surface area contributed by atoms with Crippen molar-refractivity contribution in [2.75, 3.05) is 4.90 Å². The van der Waals surface area contributed by atoms with Gasteiger partial charge in [0.2, 0.25) is 0 Å². The quantitative estimate of drug-likeness (QED) is 0.149. The van der Waals surface area contributed by atoms with E-state index in [9.17, 15) is 0 Å². The zero-order valence-electron chi connectivity index (χ0n) is 36.0. The van der Waals surface area contributed by atoms with Gasteiger partial charge in [-0.05, 0) is 143 Å². The van der Waals surface area contributed by atoms with Crippen molar-refractivity contribution in [2.24, 2.45) is 0 Å². The van der Waals surface area contributed by atoms with Gasteiger partial charge in [-0.15, -0.1) is 0 Å². The van der Waals surface area contributed by atoms with Gasteiger partial charge in [0.25, 0.3) is 0 Å². The second-order valence-electron chi connectivity index (χ2n) is 17.2. The third-order valence-electron chi connectivity index (χ3n) is 13.5. The van der Waals surface area contributed by atoms with Crippen LogP contribution < -0.4 is 4.90 Å². The highest BCUT2D eigenvalue weighted by atomic mass is 16.3. The van der Waals surface area contributed by atoms with Gasteiger partial charge < -0.3 is 9.32 Å². The highest BCUT2D eigenvalue weighted by Gasteiger charge is 2.19. The average Bonchev–Trinajstić information content (AvgIpc) is 3.77. The molecule has 0 bridgehead atoms. The van der Waals surface area contributed by atoms with Crippen LogP contribution in [0.15, 0.2) is 253 Å². The summed E-state index contributed by atoms with van der Waals surface area (Å²) < 4.78 is 6.17. The maximum Gasteiger partial charge on any atom is 0.135 e. The molecule has 0 aliphatic heterocycles. The van der Waals surface area contributed by atoms with Gasteiger partial charge in [0, 0.05) is 27.7 Å². The number of hydrogen-bond donors (Lipinski definition) is 0. The van der Waals surface area contributed by atoms with Gasteiger partial charge >= 0.3 is 0 Å². The van der Waals surface area contributed by atoms with E-state index in [1.54, 1.807) is 0 Å². The van der Waals surface area contributed by atoms with E-state index in [1.807, 2.05) is 12.1 Å². The van der Waals surface area contributed by atoms with Crippen molar-refractivity contribution >= 4 is 82.1 Å². The number of fused-ring (bicyclic) bond motifs is 10. The Morgan fingerprint density at radius 3 is 1.39 bits per heavy atom. The van der Waals surface area contributed by atoms with Gasteiger partial charge in [0.15, 0.2) is 0 Å². The number of anilines is 3. The van der Waals surface area contributed by atoms with Gasteiger partial charge in [-0.2, -0.15) is 0 Å². The van der Waals surface area contributed by atoms with Gasteiger partial charge in [-0.25, -0.2) is 0 Å². The Labute approximate surface area is 382 Å². The Morgan fingerprint density at radius 1 is 0.242 bits per heavy atom. The Kier molecular flexibility index (Phi) is 8.89. The Bertz CT molecular complexity index is 3950. The second-order valence-corrected chi connectivity index (χ2v) is 17.2. The molecule has 0 atom stereocenters.